The standard InChI is InChI=1S/C10H13N3OS/c1-5-8(4)15-10(11-5)12-9-6(2)13-14-7(9)3/h1-4H3,(H,11,12). The molecular weight excluding hydrogens is 210 g/mol. The molecule has 0 atom stereocenters. The number of rotatable bonds is 2. The first-order valence-corrected chi connectivity index (χ1v) is 5.53. The van der Waals surface area contributed by atoms with E-state index in [9.17, 15) is 0 Å². The van der Waals surface area contributed by atoms with Crippen molar-refractivity contribution in [2.45, 2.75) is 27.7 Å². The highest BCUT2D eigenvalue weighted by Gasteiger charge is 2.11. The van der Waals surface area contributed by atoms with Gasteiger partial charge in [0.1, 0.15) is 11.4 Å². The summed E-state index contributed by atoms with van der Waals surface area (Å²) in [4.78, 5) is 5.63. The molecule has 4 nitrogen and oxygen atoms in total. The van der Waals surface area contributed by atoms with Crippen LogP contribution in [0.15, 0.2) is 4.52 Å². The summed E-state index contributed by atoms with van der Waals surface area (Å²) in [5, 5.41) is 8.00. The third-order valence-electron chi connectivity index (χ3n) is 2.29. The van der Waals surface area contributed by atoms with E-state index in [0.717, 1.165) is 28.0 Å². The minimum atomic E-state index is 0.790. The van der Waals surface area contributed by atoms with E-state index >= 15 is 0 Å². The topological polar surface area (TPSA) is 51.0 Å². The van der Waals surface area contributed by atoms with Gasteiger partial charge in [0.2, 0.25) is 0 Å². The second kappa shape index (κ2) is 3.66. The fourth-order valence-electron chi connectivity index (χ4n) is 1.29. The Morgan fingerprint density at radius 1 is 1.13 bits per heavy atom. The van der Waals surface area contributed by atoms with Crippen LogP contribution in [-0.4, -0.2) is 10.1 Å². The molecule has 0 aliphatic carbocycles. The Bertz CT molecular complexity index is 448. The van der Waals surface area contributed by atoms with E-state index in [1.165, 1.54) is 4.88 Å². The number of aryl methyl sites for hydroxylation is 4. The summed E-state index contributed by atoms with van der Waals surface area (Å²) < 4.78 is 5.07. The smallest absolute Gasteiger partial charge is 0.187 e. The zero-order chi connectivity index (χ0) is 11.0. The van der Waals surface area contributed by atoms with Crippen LogP contribution in [0.4, 0.5) is 10.8 Å². The molecule has 0 aliphatic rings. The van der Waals surface area contributed by atoms with Gasteiger partial charge in [-0.25, -0.2) is 4.98 Å². The van der Waals surface area contributed by atoms with Crippen LogP contribution in [0.5, 0.6) is 0 Å². The first-order chi connectivity index (χ1) is 7.08. The Kier molecular flexibility index (Phi) is 2.48. The molecule has 0 aromatic carbocycles. The number of hydrogen-bond acceptors (Lipinski definition) is 5. The van der Waals surface area contributed by atoms with Crippen molar-refractivity contribution in [3.8, 4) is 0 Å². The van der Waals surface area contributed by atoms with Gasteiger partial charge in [0.05, 0.1) is 5.69 Å². The van der Waals surface area contributed by atoms with Gasteiger partial charge in [-0.05, 0) is 27.7 Å². The Morgan fingerprint density at radius 2 is 1.87 bits per heavy atom. The average molecular weight is 223 g/mol. The summed E-state index contributed by atoms with van der Waals surface area (Å²) in [6.45, 7) is 7.86. The fraction of sp³-hybridized carbons (Fsp3) is 0.400. The van der Waals surface area contributed by atoms with Crippen molar-refractivity contribution >= 4 is 22.2 Å². The molecule has 0 fully saturated rings. The van der Waals surface area contributed by atoms with Gasteiger partial charge in [-0.15, -0.1) is 11.3 Å². The van der Waals surface area contributed by atoms with Gasteiger partial charge in [-0.2, -0.15) is 0 Å². The first-order valence-electron chi connectivity index (χ1n) is 4.72. The third-order valence-corrected chi connectivity index (χ3v) is 3.28. The normalized spacial score (nSPS) is 10.7. The Morgan fingerprint density at radius 3 is 2.33 bits per heavy atom. The molecule has 0 saturated carbocycles. The molecule has 0 saturated heterocycles. The summed E-state index contributed by atoms with van der Waals surface area (Å²) >= 11 is 1.64. The van der Waals surface area contributed by atoms with E-state index in [0.29, 0.717) is 0 Å². The molecule has 2 aromatic rings. The van der Waals surface area contributed by atoms with Crippen LogP contribution in [0.2, 0.25) is 0 Å². The van der Waals surface area contributed by atoms with Crippen LogP contribution < -0.4 is 5.32 Å². The highest BCUT2D eigenvalue weighted by Crippen LogP contribution is 2.28. The number of anilines is 2. The highest BCUT2D eigenvalue weighted by molar-refractivity contribution is 7.15. The predicted octanol–water partition coefficient (Wildman–Crippen LogP) is 3.11. The minimum absolute atomic E-state index is 0.790. The van der Waals surface area contributed by atoms with Crippen molar-refractivity contribution in [2.75, 3.05) is 5.32 Å². The number of hydrogen-bond donors (Lipinski definition) is 1. The quantitative estimate of drug-likeness (QED) is 0.849. The lowest BCUT2D eigenvalue weighted by molar-refractivity contribution is 0.393. The molecule has 0 radical (unpaired) electrons. The zero-order valence-electron chi connectivity index (χ0n) is 9.21. The molecule has 5 heteroatoms. The third kappa shape index (κ3) is 1.87. The molecule has 1 N–H and O–H groups in total. The van der Waals surface area contributed by atoms with Crippen LogP contribution in [0, 0.1) is 27.7 Å². The van der Waals surface area contributed by atoms with E-state index in [-0.39, 0.29) is 0 Å². The lowest BCUT2D eigenvalue weighted by Gasteiger charge is -1.99. The Labute approximate surface area is 92.3 Å². The van der Waals surface area contributed by atoms with Crippen molar-refractivity contribution in [3.05, 3.63) is 22.0 Å². The average Bonchev–Trinajstić information content (AvgIpc) is 2.64. The first kappa shape index (κ1) is 10.2. The highest BCUT2D eigenvalue weighted by atomic mass is 32.1. The fourth-order valence-corrected chi connectivity index (χ4v) is 2.11. The van der Waals surface area contributed by atoms with Crippen molar-refractivity contribution in [1.82, 2.24) is 10.1 Å². The molecule has 80 valence electrons. The second-order valence-electron chi connectivity index (χ2n) is 3.48. The monoisotopic (exact) mass is 223 g/mol. The van der Waals surface area contributed by atoms with Crippen molar-refractivity contribution in [3.63, 3.8) is 0 Å². The van der Waals surface area contributed by atoms with E-state index in [2.05, 4.69) is 22.4 Å². The van der Waals surface area contributed by atoms with Gasteiger partial charge in [-0.3, -0.25) is 0 Å². The summed E-state index contributed by atoms with van der Waals surface area (Å²) in [6, 6.07) is 0. The SMILES string of the molecule is Cc1nc(Nc2c(C)noc2C)sc1C. The van der Waals surface area contributed by atoms with Crippen molar-refractivity contribution in [2.24, 2.45) is 0 Å². The van der Waals surface area contributed by atoms with Gasteiger partial charge < -0.3 is 9.84 Å². The lowest BCUT2D eigenvalue weighted by Crippen LogP contribution is -1.91. The molecule has 0 unspecified atom stereocenters. The summed E-state index contributed by atoms with van der Waals surface area (Å²) in [6.07, 6.45) is 0. The van der Waals surface area contributed by atoms with Crippen LogP contribution in [-0.2, 0) is 0 Å². The molecule has 0 bridgehead atoms. The zero-order valence-corrected chi connectivity index (χ0v) is 10.0. The maximum Gasteiger partial charge on any atom is 0.187 e. The summed E-state index contributed by atoms with van der Waals surface area (Å²) in [5.41, 5.74) is 2.84. The molecule has 0 spiro atoms. The molecular formula is C10H13N3OS. The minimum Gasteiger partial charge on any atom is -0.359 e. The van der Waals surface area contributed by atoms with E-state index in [1.54, 1.807) is 11.3 Å². The lowest BCUT2D eigenvalue weighted by atomic mass is 10.3. The van der Waals surface area contributed by atoms with Crippen molar-refractivity contribution < 1.29 is 4.52 Å². The van der Waals surface area contributed by atoms with Crippen molar-refractivity contribution in [1.29, 1.82) is 0 Å². The van der Waals surface area contributed by atoms with Crippen LogP contribution >= 0.6 is 11.3 Å². The van der Waals surface area contributed by atoms with Crippen LogP contribution in [0.25, 0.3) is 0 Å². The maximum atomic E-state index is 5.07. The summed E-state index contributed by atoms with van der Waals surface area (Å²) in [5.74, 6) is 0.790. The van der Waals surface area contributed by atoms with Gasteiger partial charge in [0.15, 0.2) is 10.9 Å². The maximum absolute atomic E-state index is 5.07. The van der Waals surface area contributed by atoms with Gasteiger partial charge in [-0.1, -0.05) is 5.16 Å². The van der Waals surface area contributed by atoms with E-state index in [1.807, 2.05) is 20.8 Å². The number of nitrogens with zero attached hydrogens (tertiary/aromatic N) is 2. The molecule has 2 aromatic heterocycles. The van der Waals surface area contributed by atoms with Gasteiger partial charge in [0, 0.05) is 4.88 Å². The molecule has 2 heterocycles. The van der Waals surface area contributed by atoms with Crippen LogP contribution in [0.3, 0.4) is 0 Å². The molecule has 2 rings (SSSR count). The van der Waals surface area contributed by atoms with E-state index in [4.69, 9.17) is 4.52 Å². The Balaban J connectivity index is 2.29. The van der Waals surface area contributed by atoms with Crippen LogP contribution in [0.1, 0.15) is 22.0 Å². The number of nitrogens with one attached hydrogen (secondary N) is 1. The summed E-state index contributed by atoms with van der Waals surface area (Å²) in [7, 11) is 0. The Hall–Kier alpha value is -1.36. The molecule has 0 aliphatic heterocycles. The molecule has 0 amide bonds. The largest absolute Gasteiger partial charge is 0.359 e. The van der Waals surface area contributed by atoms with Gasteiger partial charge >= 0.3 is 0 Å². The van der Waals surface area contributed by atoms with E-state index < -0.39 is 0 Å². The number of thiazole rings is 1. The second-order valence-corrected chi connectivity index (χ2v) is 4.69. The predicted molar refractivity (Wildman–Crippen MR) is 60.8 cm³/mol. The van der Waals surface area contributed by atoms with Gasteiger partial charge in [0.25, 0.3) is 0 Å². The number of aromatic nitrogens is 2. The molecule has 15 heavy (non-hydrogen) atoms.